The van der Waals surface area contributed by atoms with Crippen molar-refractivity contribution in [2.75, 3.05) is 40.0 Å². The Hall–Kier alpha value is -1.71. The van der Waals surface area contributed by atoms with Crippen LogP contribution in [-0.2, 0) is 23.9 Å². The molecule has 0 bridgehead atoms. The summed E-state index contributed by atoms with van der Waals surface area (Å²) < 4.78 is 9.92. The highest BCUT2D eigenvalue weighted by molar-refractivity contribution is 6.01. The highest BCUT2D eigenvalue weighted by Gasteiger charge is 2.45. The average Bonchev–Trinajstić information content (AvgIpc) is 3.67. The van der Waals surface area contributed by atoms with Crippen LogP contribution in [0.5, 0.6) is 0 Å². The number of carbonyl (C=O) groups excluding carboxylic acids is 3. The summed E-state index contributed by atoms with van der Waals surface area (Å²) in [5.74, 6) is -1.06. The van der Waals surface area contributed by atoms with Crippen molar-refractivity contribution in [2.24, 2.45) is 5.41 Å². The molecule has 30 heavy (non-hydrogen) atoms. The van der Waals surface area contributed by atoms with Crippen LogP contribution in [0.4, 0.5) is 4.79 Å². The number of rotatable bonds is 8. The van der Waals surface area contributed by atoms with Crippen LogP contribution in [0.1, 0.15) is 66.2 Å². The van der Waals surface area contributed by atoms with Gasteiger partial charge in [0.15, 0.2) is 0 Å². The zero-order valence-corrected chi connectivity index (χ0v) is 19.1. The van der Waals surface area contributed by atoms with Crippen LogP contribution in [0.15, 0.2) is 0 Å². The molecular weight excluding hydrogens is 392 g/mol. The van der Waals surface area contributed by atoms with Crippen molar-refractivity contribution in [1.29, 1.82) is 0 Å². The lowest BCUT2D eigenvalue weighted by atomic mass is 10.2. The molecular formula is C21H38N2O7. The molecule has 1 N–H and O–H groups in total. The number of imide groups is 1. The summed E-state index contributed by atoms with van der Waals surface area (Å²) in [6.45, 7) is 12.7. The van der Waals surface area contributed by atoms with Gasteiger partial charge in [-0.05, 0) is 50.7 Å². The second kappa shape index (κ2) is 12.2. The molecule has 0 aromatic rings. The number of hydroxylamine groups is 2. The van der Waals surface area contributed by atoms with E-state index >= 15 is 0 Å². The number of ether oxygens (including phenoxy) is 2. The zero-order chi connectivity index (χ0) is 22.8. The van der Waals surface area contributed by atoms with E-state index in [1.807, 2.05) is 0 Å². The Morgan fingerprint density at radius 1 is 1.03 bits per heavy atom. The molecule has 0 spiro atoms. The predicted molar refractivity (Wildman–Crippen MR) is 110 cm³/mol. The van der Waals surface area contributed by atoms with E-state index < -0.39 is 23.6 Å². The molecule has 0 atom stereocenters. The number of carbonyl (C=O) groups is 3. The van der Waals surface area contributed by atoms with Crippen LogP contribution in [0.2, 0.25) is 0 Å². The Morgan fingerprint density at radius 2 is 1.53 bits per heavy atom. The van der Waals surface area contributed by atoms with Crippen molar-refractivity contribution in [3.63, 3.8) is 0 Å². The Morgan fingerprint density at radius 3 is 1.80 bits per heavy atom. The van der Waals surface area contributed by atoms with Gasteiger partial charge in [-0.15, -0.1) is 0 Å². The molecule has 2 saturated carbocycles. The number of nitrogens with zero attached hydrogens (tertiary/aromatic N) is 2. The van der Waals surface area contributed by atoms with Crippen molar-refractivity contribution < 1.29 is 33.8 Å². The minimum absolute atomic E-state index is 0.0636. The molecule has 1 aliphatic heterocycles. The Labute approximate surface area is 179 Å². The van der Waals surface area contributed by atoms with Crippen LogP contribution < -0.4 is 0 Å². The molecule has 2 aliphatic carbocycles. The Balaban J connectivity index is 0.000000284. The third-order valence-corrected chi connectivity index (χ3v) is 5.69. The third kappa shape index (κ3) is 8.97. The summed E-state index contributed by atoms with van der Waals surface area (Å²) in [6.07, 6.45) is 3.16. The summed E-state index contributed by atoms with van der Waals surface area (Å²) in [7, 11) is 1.54. The summed E-state index contributed by atoms with van der Waals surface area (Å²) in [5, 5.41) is 8.92. The fourth-order valence-electron chi connectivity index (χ4n) is 2.54. The minimum atomic E-state index is -1.06. The molecule has 0 aromatic carbocycles. The monoisotopic (exact) mass is 430 g/mol. The molecule has 0 unspecified atom stereocenters. The van der Waals surface area contributed by atoms with Gasteiger partial charge in [-0.2, -0.15) is 0 Å². The van der Waals surface area contributed by atoms with Crippen LogP contribution in [-0.4, -0.2) is 78.6 Å². The molecule has 174 valence electrons. The van der Waals surface area contributed by atoms with Crippen molar-refractivity contribution in [1.82, 2.24) is 9.96 Å². The topological polar surface area (TPSA) is 106 Å². The van der Waals surface area contributed by atoms with Crippen LogP contribution in [0.3, 0.4) is 0 Å². The molecule has 1 heterocycles. The highest BCUT2D eigenvalue weighted by atomic mass is 16.8. The van der Waals surface area contributed by atoms with E-state index in [9.17, 15) is 14.4 Å². The molecule has 9 heteroatoms. The number of amides is 2. The van der Waals surface area contributed by atoms with E-state index in [-0.39, 0.29) is 19.4 Å². The second-order valence-corrected chi connectivity index (χ2v) is 8.19. The fourth-order valence-corrected chi connectivity index (χ4v) is 2.54. The lowest BCUT2D eigenvalue weighted by molar-refractivity contribution is -0.178. The molecule has 1 saturated heterocycles. The van der Waals surface area contributed by atoms with E-state index in [1.165, 1.54) is 39.6 Å². The highest BCUT2D eigenvalue weighted by Crippen LogP contribution is 2.43. The quantitative estimate of drug-likeness (QED) is 0.463. The summed E-state index contributed by atoms with van der Waals surface area (Å²) in [5.41, 5.74) is -0.0575. The van der Waals surface area contributed by atoms with Gasteiger partial charge in [0.05, 0.1) is 0 Å². The minimum Gasteiger partial charge on any atom is -0.430 e. The maximum Gasteiger partial charge on any atom is 0.534 e. The lowest BCUT2D eigenvalue weighted by Gasteiger charge is -2.15. The molecule has 2 amide bonds. The first-order chi connectivity index (χ1) is 14.2. The molecule has 0 radical (unpaired) electrons. The van der Waals surface area contributed by atoms with Gasteiger partial charge >= 0.3 is 6.16 Å². The second-order valence-electron chi connectivity index (χ2n) is 8.19. The van der Waals surface area contributed by atoms with Crippen molar-refractivity contribution >= 4 is 18.0 Å². The average molecular weight is 431 g/mol. The summed E-state index contributed by atoms with van der Waals surface area (Å²) in [4.78, 5) is 40.4. The van der Waals surface area contributed by atoms with Crippen molar-refractivity contribution in [3.8, 4) is 0 Å². The first kappa shape index (κ1) is 26.3. The Bertz CT molecular complexity index is 548. The largest absolute Gasteiger partial charge is 0.534 e. The van der Waals surface area contributed by atoms with E-state index in [0.29, 0.717) is 17.1 Å². The normalized spacial score (nSPS) is 20.0. The predicted octanol–water partition coefficient (Wildman–Crippen LogP) is 2.51. The van der Waals surface area contributed by atoms with Crippen LogP contribution in [0.25, 0.3) is 0 Å². The first-order valence-electron chi connectivity index (χ1n) is 10.8. The molecule has 3 aliphatic rings. The number of methoxy groups -OCH3 is 1. The number of hydrogen-bond donors (Lipinski definition) is 1. The SMILES string of the molecule is CC1(CO)CC1.CCN(CC)CC.COC1(COC(=O)ON2C(=O)CCC2=O)CC1. The Kier molecular flexibility index (Phi) is 10.7. The van der Waals surface area contributed by atoms with Crippen molar-refractivity contribution in [2.45, 2.75) is 71.8 Å². The maximum absolute atomic E-state index is 11.2. The van der Waals surface area contributed by atoms with E-state index in [2.05, 4.69) is 37.4 Å². The van der Waals surface area contributed by atoms with Gasteiger partial charge < -0.3 is 19.5 Å². The number of aliphatic hydroxyl groups excluding tert-OH is 1. The molecule has 3 rings (SSSR count). The van der Waals surface area contributed by atoms with Gasteiger partial charge in [0.25, 0.3) is 11.8 Å². The van der Waals surface area contributed by atoms with E-state index in [1.54, 1.807) is 0 Å². The fraction of sp³-hybridized carbons (Fsp3) is 0.857. The molecule has 0 aromatic heterocycles. The van der Waals surface area contributed by atoms with Crippen molar-refractivity contribution in [3.05, 3.63) is 0 Å². The van der Waals surface area contributed by atoms with Gasteiger partial charge in [-0.25, -0.2) is 4.79 Å². The zero-order valence-electron chi connectivity index (χ0n) is 19.1. The number of aliphatic hydroxyl groups is 1. The third-order valence-electron chi connectivity index (χ3n) is 5.69. The number of hydrogen-bond acceptors (Lipinski definition) is 8. The molecule has 3 fully saturated rings. The van der Waals surface area contributed by atoms with Gasteiger partial charge in [0.1, 0.15) is 12.2 Å². The van der Waals surface area contributed by atoms with Gasteiger partial charge in [-0.1, -0.05) is 32.8 Å². The molecule has 9 nitrogen and oxygen atoms in total. The van der Waals surface area contributed by atoms with Crippen LogP contribution in [0, 0.1) is 5.41 Å². The summed E-state index contributed by atoms with van der Waals surface area (Å²) in [6, 6.07) is 0. The van der Waals surface area contributed by atoms with Gasteiger partial charge in [0, 0.05) is 26.6 Å². The standard InChI is InChI=1S/C10H13NO6.C6H15N.C5H10O/c1-15-10(4-5-10)6-16-9(14)17-11-7(12)2-3-8(11)13;1-4-7(5-2)6-3;1-5(4-6)2-3-5/h2-6H2,1H3;4-6H2,1-3H3;6H,2-4H2,1H3. The van der Waals surface area contributed by atoms with E-state index in [0.717, 1.165) is 12.8 Å². The van der Waals surface area contributed by atoms with Crippen LogP contribution >= 0.6 is 0 Å². The smallest absolute Gasteiger partial charge is 0.430 e. The van der Waals surface area contributed by atoms with Gasteiger partial charge in [-0.3, -0.25) is 14.4 Å². The summed E-state index contributed by atoms with van der Waals surface area (Å²) >= 11 is 0. The maximum atomic E-state index is 11.2. The van der Waals surface area contributed by atoms with Gasteiger partial charge in [0.2, 0.25) is 0 Å². The lowest BCUT2D eigenvalue weighted by Crippen LogP contribution is -2.33. The first-order valence-corrected chi connectivity index (χ1v) is 10.8. The van der Waals surface area contributed by atoms with E-state index in [4.69, 9.17) is 14.6 Å².